The number of rotatable bonds is 8. The Morgan fingerprint density at radius 1 is 1.32 bits per heavy atom. The Hall–Kier alpha value is -0.970. The minimum atomic E-state index is -4.05. The second kappa shape index (κ2) is 7.58. The van der Waals surface area contributed by atoms with Crippen molar-refractivity contribution in [1.82, 2.24) is 9.88 Å². The van der Waals surface area contributed by atoms with Crippen molar-refractivity contribution < 1.29 is 13.2 Å². The number of aromatic nitrogens is 1. The maximum Gasteiger partial charge on any atom is 0.389 e. The third kappa shape index (κ3) is 6.14. The van der Waals surface area contributed by atoms with Crippen molar-refractivity contribution >= 4 is 0 Å². The highest BCUT2D eigenvalue weighted by molar-refractivity contribution is 5.15. The van der Waals surface area contributed by atoms with Crippen LogP contribution in [0, 0.1) is 0 Å². The average Bonchev–Trinajstić information content (AvgIpc) is 2.76. The van der Waals surface area contributed by atoms with Crippen LogP contribution in [0.25, 0.3) is 0 Å². The van der Waals surface area contributed by atoms with Crippen molar-refractivity contribution in [1.29, 1.82) is 0 Å². The molecule has 5 heteroatoms. The minimum absolute atomic E-state index is 0.136. The molecule has 0 aliphatic rings. The largest absolute Gasteiger partial charge is 0.389 e. The Morgan fingerprint density at radius 2 is 2.05 bits per heavy atom. The van der Waals surface area contributed by atoms with E-state index in [0.717, 1.165) is 24.9 Å². The van der Waals surface area contributed by atoms with Crippen LogP contribution in [0.3, 0.4) is 0 Å². The topological polar surface area (TPSA) is 17.0 Å². The van der Waals surface area contributed by atoms with E-state index in [-0.39, 0.29) is 6.42 Å². The number of halogens is 3. The molecule has 0 fully saturated rings. The summed E-state index contributed by atoms with van der Waals surface area (Å²) < 4.78 is 38.1. The highest BCUT2D eigenvalue weighted by atomic mass is 19.4. The lowest BCUT2D eigenvalue weighted by Crippen LogP contribution is -2.20. The smallest absolute Gasteiger partial charge is 0.354 e. The van der Waals surface area contributed by atoms with Gasteiger partial charge in [-0.15, -0.1) is 0 Å². The molecule has 1 unspecified atom stereocenters. The number of alkyl halides is 3. The van der Waals surface area contributed by atoms with Crippen LogP contribution in [0.4, 0.5) is 13.2 Å². The summed E-state index contributed by atoms with van der Waals surface area (Å²) in [5.74, 6) is 0. The molecule has 19 heavy (non-hydrogen) atoms. The zero-order valence-corrected chi connectivity index (χ0v) is 11.6. The van der Waals surface area contributed by atoms with Gasteiger partial charge in [0.15, 0.2) is 0 Å². The Kier molecular flexibility index (Phi) is 6.42. The number of hydrogen-bond donors (Lipinski definition) is 1. The molecule has 1 atom stereocenters. The van der Waals surface area contributed by atoms with Crippen LogP contribution >= 0.6 is 0 Å². The van der Waals surface area contributed by atoms with Crippen molar-refractivity contribution in [2.75, 3.05) is 6.54 Å². The first-order chi connectivity index (χ1) is 8.96. The summed E-state index contributed by atoms with van der Waals surface area (Å²) in [6.07, 6.45) is 1.32. The Labute approximate surface area is 113 Å². The van der Waals surface area contributed by atoms with Crippen molar-refractivity contribution in [3.63, 3.8) is 0 Å². The lowest BCUT2D eigenvalue weighted by atomic mass is 10.1. The summed E-state index contributed by atoms with van der Waals surface area (Å²) in [5.41, 5.74) is 1.16. The van der Waals surface area contributed by atoms with E-state index in [0.29, 0.717) is 12.6 Å². The Bertz CT molecular complexity index is 352. The predicted octanol–water partition coefficient (Wildman–Crippen LogP) is 4.28. The molecule has 1 heterocycles. The Balaban J connectivity index is 2.50. The molecular weight excluding hydrogens is 253 g/mol. The molecule has 2 nitrogen and oxygen atoms in total. The van der Waals surface area contributed by atoms with Gasteiger partial charge in [-0.25, -0.2) is 0 Å². The lowest BCUT2D eigenvalue weighted by Gasteiger charge is -2.15. The molecule has 0 aliphatic heterocycles. The summed E-state index contributed by atoms with van der Waals surface area (Å²) in [6, 6.07) is 2.30. The summed E-state index contributed by atoms with van der Waals surface area (Å²) in [5, 5.41) is 3.40. The summed E-state index contributed by atoms with van der Waals surface area (Å²) in [4.78, 5) is 0. The average molecular weight is 276 g/mol. The van der Waals surface area contributed by atoms with Gasteiger partial charge in [0.2, 0.25) is 0 Å². The van der Waals surface area contributed by atoms with E-state index in [1.54, 1.807) is 0 Å². The van der Waals surface area contributed by atoms with Crippen LogP contribution in [0.1, 0.15) is 51.1 Å². The number of aryl methyl sites for hydroxylation is 1. The molecular formula is C14H23F3N2. The van der Waals surface area contributed by atoms with E-state index in [9.17, 15) is 13.2 Å². The van der Waals surface area contributed by atoms with E-state index in [2.05, 4.69) is 19.2 Å². The molecule has 1 rings (SSSR count). The second-order valence-corrected chi connectivity index (χ2v) is 4.80. The number of nitrogens with one attached hydrogen (secondary N) is 1. The van der Waals surface area contributed by atoms with Crippen molar-refractivity contribution in [2.24, 2.45) is 0 Å². The third-order valence-electron chi connectivity index (χ3n) is 3.08. The highest BCUT2D eigenvalue weighted by Crippen LogP contribution is 2.23. The minimum Gasteiger partial charge on any atom is -0.354 e. The normalized spacial score (nSPS) is 13.7. The monoisotopic (exact) mass is 276 g/mol. The van der Waals surface area contributed by atoms with Crippen LogP contribution in [0.2, 0.25) is 0 Å². The molecule has 0 aromatic carbocycles. The molecule has 0 radical (unpaired) electrons. The van der Waals surface area contributed by atoms with Crippen LogP contribution in [0.15, 0.2) is 18.5 Å². The summed E-state index contributed by atoms with van der Waals surface area (Å²) >= 11 is 0. The Morgan fingerprint density at radius 3 is 2.63 bits per heavy atom. The third-order valence-corrected chi connectivity index (χ3v) is 3.08. The molecule has 110 valence electrons. The second-order valence-electron chi connectivity index (χ2n) is 4.80. The summed E-state index contributed by atoms with van der Waals surface area (Å²) in [7, 11) is 0. The molecule has 0 spiro atoms. The van der Waals surface area contributed by atoms with E-state index in [1.807, 2.05) is 23.0 Å². The van der Waals surface area contributed by atoms with E-state index in [4.69, 9.17) is 0 Å². The van der Waals surface area contributed by atoms with Crippen molar-refractivity contribution in [2.45, 2.75) is 58.3 Å². The van der Waals surface area contributed by atoms with Gasteiger partial charge in [0.1, 0.15) is 0 Å². The standard InChI is InChI=1S/C14H23F3N2/c1-3-6-13(18-4-2)12-7-10-19(11-12)9-5-8-14(15,16)17/h7,10-11,13,18H,3-6,8-9H2,1-2H3. The first-order valence-electron chi connectivity index (χ1n) is 6.92. The maximum atomic E-state index is 12.1. The lowest BCUT2D eigenvalue weighted by molar-refractivity contribution is -0.135. The SMILES string of the molecule is CCCC(NCC)c1ccn(CCCC(F)(F)F)c1. The maximum absolute atomic E-state index is 12.1. The zero-order chi connectivity index (χ0) is 14.3. The van der Waals surface area contributed by atoms with Gasteiger partial charge in [-0.2, -0.15) is 13.2 Å². The van der Waals surface area contributed by atoms with Crippen LogP contribution in [-0.4, -0.2) is 17.3 Å². The number of nitrogens with zero attached hydrogens (tertiary/aromatic N) is 1. The molecule has 1 aromatic heterocycles. The van der Waals surface area contributed by atoms with Gasteiger partial charge >= 0.3 is 6.18 Å². The zero-order valence-electron chi connectivity index (χ0n) is 11.6. The molecule has 0 amide bonds. The van der Waals surface area contributed by atoms with Gasteiger partial charge in [-0.3, -0.25) is 0 Å². The predicted molar refractivity (Wildman–Crippen MR) is 71.0 cm³/mol. The van der Waals surface area contributed by atoms with Crippen LogP contribution in [0.5, 0.6) is 0 Å². The van der Waals surface area contributed by atoms with E-state index >= 15 is 0 Å². The molecule has 1 aromatic rings. The fourth-order valence-electron chi connectivity index (χ4n) is 2.19. The van der Waals surface area contributed by atoms with Crippen LogP contribution in [-0.2, 0) is 6.54 Å². The first kappa shape index (κ1) is 16.1. The highest BCUT2D eigenvalue weighted by Gasteiger charge is 2.26. The van der Waals surface area contributed by atoms with Crippen LogP contribution < -0.4 is 5.32 Å². The van der Waals surface area contributed by atoms with Crippen molar-refractivity contribution in [3.8, 4) is 0 Å². The van der Waals surface area contributed by atoms with Crippen molar-refractivity contribution in [3.05, 3.63) is 24.0 Å². The molecule has 0 saturated heterocycles. The van der Waals surface area contributed by atoms with Gasteiger partial charge in [-0.05, 0) is 31.0 Å². The van der Waals surface area contributed by atoms with Gasteiger partial charge in [0, 0.05) is 31.4 Å². The molecule has 0 saturated carbocycles. The van der Waals surface area contributed by atoms with Gasteiger partial charge in [-0.1, -0.05) is 20.3 Å². The van der Waals surface area contributed by atoms with Gasteiger partial charge < -0.3 is 9.88 Å². The van der Waals surface area contributed by atoms with E-state index < -0.39 is 12.6 Å². The number of hydrogen-bond acceptors (Lipinski definition) is 1. The fraction of sp³-hybridized carbons (Fsp3) is 0.714. The van der Waals surface area contributed by atoms with E-state index in [1.165, 1.54) is 0 Å². The fourth-order valence-corrected chi connectivity index (χ4v) is 2.19. The molecule has 0 bridgehead atoms. The molecule has 0 aliphatic carbocycles. The summed E-state index contributed by atoms with van der Waals surface area (Å²) in [6.45, 7) is 5.50. The molecule has 1 N–H and O–H groups in total. The van der Waals surface area contributed by atoms with Gasteiger partial charge in [0.25, 0.3) is 0 Å². The first-order valence-corrected chi connectivity index (χ1v) is 6.92. The quantitative estimate of drug-likeness (QED) is 0.750. The van der Waals surface area contributed by atoms with Gasteiger partial charge in [0.05, 0.1) is 0 Å².